The lowest BCUT2D eigenvalue weighted by atomic mass is 9.95. The van der Waals surface area contributed by atoms with E-state index in [0.717, 1.165) is 5.75 Å². The third-order valence-corrected chi connectivity index (χ3v) is 5.42. The molecule has 3 amide bonds. The SMILES string of the molecule is COc1ccc(C(=O)N[C@H](CCSC)C(=O)N2CCC(C(N)=O)CC2)cc1. The molecule has 27 heavy (non-hydrogen) atoms. The lowest BCUT2D eigenvalue weighted by Crippen LogP contribution is -2.51. The van der Waals surface area contributed by atoms with Gasteiger partial charge >= 0.3 is 0 Å². The minimum Gasteiger partial charge on any atom is -0.497 e. The van der Waals surface area contributed by atoms with Gasteiger partial charge in [0.2, 0.25) is 11.8 Å². The van der Waals surface area contributed by atoms with Crippen molar-refractivity contribution in [3.63, 3.8) is 0 Å². The first kappa shape index (κ1) is 21.1. The summed E-state index contributed by atoms with van der Waals surface area (Å²) in [5.74, 6) is 0.551. The zero-order chi connectivity index (χ0) is 19.8. The summed E-state index contributed by atoms with van der Waals surface area (Å²) in [7, 11) is 1.56. The number of amides is 3. The number of likely N-dealkylation sites (tertiary alicyclic amines) is 1. The average molecular weight is 394 g/mol. The number of rotatable bonds is 8. The Morgan fingerprint density at radius 1 is 1.26 bits per heavy atom. The normalized spacial score (nSPS) is 15.9. The molecule has 0 aliphatic carbocycles. The van der Waals surface area contributed by atoms with E-state index < -0.39 is 6.04 Å². The standard InChI is InChI=1S/C19H27N3O4S/c1-26-15-5-3-14(4-6-15)18(24)21-16(9-12-27-2)19(25)22-10-7-13(8-11-22)17(20)23/h3-6,13,16H,7-12H2,1-2H3,(H2,20,23)(H,21,24)/t16-/m1/s1. The van der Waals surface area contributed by atoms with Crippen LogP contribution in [0.5, 0.6) is 5.75 Å². The lowest BCUT2D eigenvalue weighted by Gasteiger charge is -2.33. The third-order valence-electron chi connectivity index (χ3n) is 4.78. The summed E-state index contributed by atoms with van der Waals surface area (Å²) in [5, 5.41) is 2.86. The van der Waals surface area contributed by atoms with Crippen LogP contribution in [0.25, 0.3) is 0 Å². The Hall–Kier alpha value is -2.22. The van der Waals surface area contributed by atoms with Crippen LogP contribution < -0.4 is 15.8 Å². The van der Waals surface area contributed by atoms with E-state index in [-0.39, 0.29) is 23.6 Å². The summed E-state index contributed by atoms with van der Waals surface area (Å²) < 4.78 is 5.10. The predicted molar refractivity (Wildman–Crippen MR) is 106 cm³/mol. The van der Waals surface area contributed by atoms with Crippen molar-refractivity contribution in [2.45, 2.75) is 25.3 Å². The number of piperidine rings is 1. The molecule has 0 bridgehead atoms. The number of nitrogens with one attached hydrogen (secondary N) is 1. The van der Waals surface area contributed by atoms with Crippen LogP contribution in [0.2, 0.25) is 0 Å². The van der Waals surface area contributed by atoms with Gasteiger partial charge in [0.25, 0.3) is 5.91 Å². The molecule has 0 saturated carbocycles. The second-order valence-corrected chi connectivity index (χ2v) is 7.52. The average Bonchev–Trinajstić information content (AvgIpc) is 2.70. The van der Waals surface area contributed by atoms with Crippen LogP contribution in [0, 0.1) is 5.92 Å². The molecule has 3 N–H and O–H groups in total. The maximum Gasteiger partial charge on any atom is 0.251 e. The van der Waals surface area contributed by atoms with Crippen molar-refractivity contribution < 1.29 is 19.1 Å². The number of hydrogen-bond donors (Lipinski definition) is 2. The molecule has 8 heteroatoms. The number of nitrogens with zero attached hydrogens (tertiary/aromatic N) is 1. The van der Waals surface area contributed by atoms with E-state index in [1.165, 1.54) is 0 Å². The summed E-state index contributed by atoms with van der Waals surface area (Å²) >= 11 is 1.63. The molecule has 1 aliphatic rings. The summed E-state index contributed by atoms with van der Waals surface area (Å²) in [5.41, 5.74) is 5.83. The van der Waals surface area contributed by atoms with Gasteiger partial charge in [-0.1, -0.05) is 0 Å². The van der Waals surface area contributed by atoms with Crippen LogP contribution in [-0.4, -0.2) is 60.9 Å². The Bertz CT molecular complexity index is 657. The molecule has 1 atom stereocenters. The van der Waals surface area contributed by atoms with E-state index in [1.807, 2.05) is 6.26 Å². The fourth-order valence-corrected chi connectivity index (χ4v) is 3.55. The molecule has 0 unspecified atom stereocenters. The molecule has 148 valence electrons. The number of thioether (sulfide) groups is 1. The molecule has 0 aromatic heterocycles. The van der Waals surface area contributed by atoms with Crippen LogP contribution >= 0.6 is 11.8 Å². The zero-order valence-corrected chi connectivity index (χ0v) is 16.6. The second-order valence-electron chi connectivity index (χ2n) is 6.54. The monoisotopic (exact) mass is 393 g/mol. The number of primary amides is 1. The molecule has 1 aromatic rings. The first-order valence-electron chi connectivity index (χ1n) is 8.98. The highest BCUT2D eigenvalue weighted by molar-refractivity contribution is 7.98. The topological polar surface area (TPSA) is 102 Å². The van der Waals surface area contributed by atoms with Gasteiger partial charge in [0.05, 0.1) is 7.11 Å². The zero-order valence-electron chi connectivity index (χ0n) is 15.8. The largest absolute Gasteiger partial charge is 0.497 e. The van der Waals surface area contributed by atoms with Gasteiger partial charge in [0.15, 0.2) is 0 Å². The van der Waals surface area contributed by atoms with E-state index in [1.54, 1.807) is 48.0 Å². The minimum absolute atomic E-state index is 0.103. The van der Waals surface area contributed by atoms with Gasteiger partial charge in [-0.15, -0.1) is 0 Å². The first-order chi connectivity index (χ1) is 13.0. The summed E-state index contributed by atoms with van der Waals surface area (Å²) in [4.78, 5) is 38.5. The predicted octanol–water partition coefficient (Wildman–Crippen LogP) is 1.27. The van der Waals surface area contributed by atoms with Crippen molar-refractivity contribution in [2.75, 3.05) is 32.2 Å². The van der Waals surface area contributed by atoms with Crippen LogP contribution in [-0.2, 0) is 9.59 Å². The van der Waals surface area contributed by atoms with Crippen LogP contribution in [0.1, 0.15) is 29.6 Å². The quantitative estimate of drug-likeness (QED) is 0.693. The van der Waals surface area contributed by atoms with Crippen LogP contribution in [0.3, 0.4) is 0 Å². The number of nitrogens with two attached hydrogens (primary N) is 1. The van der Waals surface area contributed by atoms with Gasteiger partial charge in [-0.05, 0) is 55.5 Å². The molecule has 0 spiro atoms. The van der Waals surface area contributed by atoms with Crippen molar-refractivity contribution in [1.82, 2.24) is 10.2 Å². The van der Waals surface area contributed by atoms with Gasteiger partial charge < -0.3 is 20.7 Å². The highest BCUT2D eigenvalue weighted by atomic mass is 32.2. The van der Waals surface area contributed by atoms with E-state index in [4.69, 9.17) is 10.5 Å². The molecule has 1 aromatic carbocycles. The number of carbonyl (C=O) groups excluding carboxylic acids is 3. The molecule has 1 saturated heterocycles. The fourth-order valence-electron chi connectivity index (χ4n) is 3.08. The highest BCUT2D eigenvalue weighted by Gasteiger charge is 2.30. The lowest BCUT2D eigenvalue weighted by molar-refractivity contribution is -0.136. The van der Waals surface area contributed by atoms with Crippen molar-refractivity contribution in [1.29, 1.82) is 0 Å². The molecule has 2 rings (SSSR count). The van der Waals surface area contributed by atoms with Gasteiger partial charge in [-0.3, -0.25) is 14.4 Å². The van der Waals surface area contributed by atoms with Gasteiger partial charge in [0.1, 0.15) is 11.8 Å². The Morgan fingerprint density at radius 3 is 2.41 bits per heavy atom. The number of benzene rings is 1. The van der Waals surface area contributed by atoms with Crippen molar-refractivity contribution in [2.24, 2.45) is 11.7 Å². The number of methoxy groups -OCH3 is 1. The first-order valence-corrected chi connectivity index (χ1v) is 10.4. The third kappa shape index (κ3) is 5.89. The molecular formula is C19H27N3O4S. The summed E-state index contributed by atoms with van der Waals surface area (Å²) in [6.45, 7) is 0.973. The molecule has 0 radical (unpaired) electrons. The van der Waals surface area contributed by atoms with Gasteiger partial charge in [0, 0.05) is 24.6 Å². The summed E-state index contributed by atoms with van der Waals surface area (Å²) in [6, 6.07) is 6.17. The minimum atomic E-state index is -0.586. The van der Waals surface area contributed by atoms with Gasteiger partial charge in [-0.2, -0.15) is 11.8 Å². The van der Waals surface area contributed by atoms with Crippen molar-refractivity contribution in [3.05, 3.63) is 29.8 Å². The molecule has 1 heterocycles. The molecule has 1 fully saturated rings. The fraction of sp³-hybridized carbons (Fsp3) is 0.526. The Labute approximate surface area is 164 Å². The molecule has 7 nitrogen and oxygen atoms in total. The van der Waals surface area contributed by atoms with Crippen molar-refractivity contribution >= 4 is 29.5 Å². The van der Waals surface area contributed by atoms with Crippen molar-refractivity contribution in [3.8, 4) is 5.75 Å². The number of hydrogen-bond acceptors (Lipinski definition) is 5. The number of ether oxygens (including phenoxy) is 1. The second kappa shape index (κ2) is 10.2. The Balaban J connectivity index is 2.01. The maximum absolute atomic E-state index is 12.9. The van der Waals surface area contributed by atoms with E-state index in [0.29, 0.717) is 43.7 Å². The van der Waals surface area contributed by atoms with Crippen LogP contribution in [0.4, 0.5) is 0 Å². The molecular weight excluding hydrogens is 366 g/mol. The van der Waals surface area contributed by atoms with Crippen LogP contribution in [0.15, 0.2) is 24.3 Å². The maximum atomic E-state index is 12.9. The number of carbonyl (C=O) groups is 3. The van der Waals surface area contributed by atoms with Gasteiger partial charge in [-0.25, -0.2) is 0 Å². The smallest absolute Gasteiger partial charge is 0.251 e. The Kier molecular flexibility index (Phi) is 7.97. The Morgan fingerprint density at radius 2 is 1.89 bits per heavy atom. The van der Waals surface area contributed by atoms with E-state index in [2.05, 4.69) is 5.32 Å². The summed E-state index contributed by atoms with van der Waals surface area (Å²) in [6.07, 6.45) is 3.66. The van der Waals surface area contributed by atoms with E-state index in [9.17, 15) is 14.4 Å². The highest BCUT2D eigenvalue weighted by Crippen LogP contribution is 2.18. The van der Waals surface area contributed by atoms with E-state index >= 15 is 0 Å². The molecule has 1 aliphatic heterocycles.